The Morgan fingerprint density at radius 2 is 1.72 bits per heavy atom. The van der Waals surface area contributed by atoms with Crippen LogP contribution < -0.4 is 15.2 Å². The van der Waals surface area contributed by atoms with Gasteiger partial charge in [0, 0.05) is 23.5 Å². The molecule has 6 nitrogen and oxygen atoms in total. The van der Waals surface area contributed by atoms with Gasteiger partial charge in [0.1, 0.15) is 5.75 Å². The molecule has 6 heteroatoms. The van der Waals surface area contributed by atoms with Crippen LogP contribution in [0.5, 0.6) is 5.75 Å². The van der Waals surface area contributed by atoms with Crippen molar-refractivity contribution in [1.82, 2.24) is 14.5 Å². The van der Waals surface area contributed by atoms with E-state index in [2.05, 4.69) is 21.9 Å². The van der Waals surface area contributed by atoms with Crippen LogP contribution >= 0.6 is 0 Å². The molecular weight excluding hydrogens is 364 g/mol. The first-order chi connectivity index (χ1) is 14.1. The number of hydrogen-bond acceptors (Lipinski definition) is 5. The first kappa shape index (κ1) is 19.2. The lowest BCUT2D eigenvalue weighted by molar-refractivity contribution is 0.190. The van der Waals surface area contributed by atoms with Gasteiger partial charge in [0.05, 0.1) is 19.9 Å². The molecule has 3 aromatic rings. The van der Waals surface area contributed by atoms with E-state index in [0.29, 0.717) is 31.5 Å². The van der Waals surface area contributed by atoms with E-state index in [9.17, 15) is 4.79 Å². The van der Waals surface area contributed by atoms with Crippen LogP contribution in [-0.4, -0.2) is 27.7 Å². The normalized spacial score (nSPS) is 14.0. The lowest BCUT2D eigenvalue weighted by Crippen LogP contribution is -2.47. The third kappa shape index (κ3) is 3.89. The molecule has 29 heavy (non-hydrogen) atoms. The highest BCUT2D eigenvalue weighted by atomic mass is 16.5. The Labute approximate surface area is 171 Å². The van der Waals surface area contributed by atoms with Crippen molar-refractivity contribution in [3.8, 4) is 5.75 Å². The van der Waals surface area contributed by atoms with E-state index in [1.165, 1.54) is 5.56 Å². The molecule has 2 heterocycles. The van der Waals surface area contributed by atoms with Crippen LogP contribution in [0.4, 0.5) is 11.6 Å². The number of benzene rings is 2. The summed E-state index contributed by atoms with van der Waals surface area (Å²) in [5.74, 6) is 1.52. The van der Waals surface area contributed by atoms with Crippen LogP contribution in [0.15, 0.2) is 59.4 Å². The number of aromatic nitrogens is 2. The minimum atomic E-state index is 0.0150. The van der Waals surface area contributed by atoms with E-state index in [0.717, 1.165) is 23.7 Å². The Hall–Kier alpha value is -3.12. The van der Waals surface area contributed by atoms with Crippen LogP contribution in [-0.2, 0) is 13.2 Å². The fourth-order valence-corrected chi connectivity index (χ4v) is 3.61. The molecule has 0 N–H and O–H groups in total. The SMILES string of the molecule is CCOc1ccc(N2CN(Cc3ccccc3)Cn3c2nc(C)c(C)c3=O)cc1. The highest BCUT2D eigenvalue weighted by molar-refractivity contribution is 5.59. The van der Waals surface area contributed by atoms with Gasteiger partial charge in [0.15, 0.2) is 0 Å². The molecule has 1 aliphatic rings. The van der Waals surface area contributed by atoms with Crippen LogP contribution in [0, 0.1) is 13.8 Å². The van der Waals surface area contributed by atoms with Crippen molar-refractivity contribution in [2.75, 3.05) is 18.2 Å². The summed E-state index contributed by atoms with van der Waals surface area (Å²) >= 11 is 0. The van der Waals surface area contributed by atoms with Gasteiger partial charge in [-0.2, -0.15) is 0 Å². The Kier molecular flexibility index (Phi) is 5.36. The van der Waals surface area contributed by atoms with Gasteiger partial charge in [-0.25, -0.2) is 4.98 Å². The second-order valence-electron chi connectivity index (χ2n) is 7.31. The summed E-state index contributed by atoms with van der Waals surface area (Å²) in [5.41, 5.74) is 3.68. The summed E-state index contributed by atoms with van der Waals surface area (Å²) < 4.78 is 7.34. The molecule has 0 saturated carbocycles. The van der Waals surface area contributed by atoms with Crippen molar-refractivity contribution < 1.29 is 4.74 Å². The summed E-state index contributed by atoms with van der Waals surface area (Å²) in [6.07, 6.45) is 0. The number of ether oxygens (including phenoxy) is 1. The van der Waals surface area contributed by atoms with Gasteiger partial charge in [0.2, 0.25) is 5.95 Å². The van der Waals surface area contributed by atoms with E-state index in [1.807, 2.05) is 63.2 Å². The number of rotatable bonds is 5. The molecule has 2 aromatic carbocycles. The molecule has 1 aromatic heterocycles. The van der Waals surface area contributed by atoms with Gasteiger partial charge in [-0.1, -0.05) is 30.3 Å². The zero-order chi connectivity index (χ0) is 20.4. The predicted octanol–water partition coefficient (Wildman–Crippen LogP) is 3.83. The van der Waals surface area contributed by atoms with E-state index in [1.54, 1.807) is 4.57 Å². The zero-order valence-electron chi connectivity index (χ0n) is 17.1. The molecule has 0 saturated heterocycles. The average Bonchev–Trinajstić information content (AvgIpc) is 2.74. The Morgan fingerprint density at radius 1 is 1.00 bits per heavy atom. The fraction of sp³-hybridized carbons (Fsp3) is 0.304. The van der Waals surface area contributed by atoms with Gasteiger partial charge in [-0.05, 0) is 50.6 Å². The van der Waals surface area contributed by atoms with Crippen LogP contribution in [0.3, 0.4) is 0 Å². The monoisotopic (exact) mass is 390 g/mol. The fourth-order valence-electron chi connectivity index (χ4n) is 3.61. The number of aryl methyl sites for hydroxylation is 1. The smallest absolute Gasteiger partial charge is 0.259 e. The van der Waals surface area contributed by atoms with Gasteiger partial charge in [0.25, 0.3) is 5.56 Å². The first-order valence-electron chi connectivity index (χ1n) is 9.91. The van der Waals surface area contributed by atoms with Crippen molar-refractivity contribution in [2.24, 2.45) is 0 Å². The maximum Gasteiger partial charge on any atom is 0.259 e. The average molecular weight is 390 g/mol. The van der Waals surface area contributed by atoms with Crippen molar-refractivity contribution in [3.05, 3.63) is 81.8 Å². The molecule has 150 valence electrons. The number of fused-ring (bicyclic) bond motifs is 1. The first-order valence-corrected chi connectivity index (χ1v) is 9.91. The third-order valence-electron chi connectivity index (χ3n) is 5.25. The van der Waals surface area contributed by atoms with Crippen LogP contribution in [0.25, 0.3) is 0 Å². The maximum absolute atomic E-state index is 13.0. The Balaban J connectivity index is 1.73. The molecule has 0 radical (unpaired) electrons. The maximum atomic E-state index is 13.0. The molecule has 0 atom stereocenters. The Morgan fingerprint density at radius 3 is 2.41 bits per heavy atom. The van der Waals surface area contributed by atoms with Gasteiger partial charge >= 0.3 is 0 Å². The Bertz CT molecular complexity index is 1040. The molecule has 4 rings (SSSR count). The van der Waals surface area contributed by atoms with E-state index in [-0.39, 0.29) is 5.56 Å². The van der Waals surface area contributed by atoms with Gasteiger partial charge < -0.3 is 4.74 Å². The molecule has 0 spiro atoms. The van der Waals surface area contributed by atoms with E-state index >= 15 is 0 Å². The largest absolute Gasteiger partial charge is 0.494 e. The molecule has 0 fully saturated rings. The van der Waals surface area contributed by atoms with Gasteiger partial charge in [-0.3, -0.25) is 19.2 Å². The minimum absolute atomic E-state index is 0.0150. The molecule has 0 bridgehead atoms. The summed E-state index contributed by atoms with van der Waals surface area (Å²) in [7, 11) is 0. The standard InChI is InChI=1S/C23H26N4O2/c1-4-29-21-12-10-20(11-13-21)26-15-25(14-19-8-6-5-7-9-19)16-27-22(28)17(2)18(3)24-23(26)27/h5-13H,4,14-16H2,1-3H3. The number of nitrogens with zero attached hydrogens (tertiary/aromatic N) is 4. The number of anilines is 2. The van der Waals surface area contributed by atoms with Crippen LogP contribution in [0.2, 0.25) is 0 Å². The number of hydrogen-bond donors (Lipinski definition) is 0. The van der Waals surface area contributed by atoms with Crippen molar-refractivity contribution in [1.29, 1.82) is 0 Å². The lowest BCUT2D eigenvalue weighted by atomic mass is 10.2. The predicted molar refractivity (Wildman–Crippen MR) is 115 cm³/mol. The van der Waals surface area contributed by atoms with Gasteiger partial charge in [-0.15, -0.1) is 0 Å². The molecule has 1 aliphatic heterocycles. The summed E-state index contributed by atoms with van der Waals surface area (Å²) in [6, 6.07) is 18.3. The highest BCUT2D eigenvalue weighted by Gasteiger charge is 2.27. The summed E-state index contributed by atoms with van der Waals surface area (Å²) in [6.45, 7) is 8.26. The second kappa shape index (κ2) is 8.09. The topological polar surface area (TPSA) is 50.6 Å². The quantitative estimate of drug-likeness (QED) is 0.663. The zero-order valence-corrected chi connectivity index (χ0v) is 17.1. The van der Waals surface area contributed by atoms with Crippen molar-refractivity contribution in [2.45, 2.75) is 34.0 Å². The summed E-state index contributed by atoms with van der Waals surface area (Å²) in [4.78, 5) is 22.1. The second-order valence-corrected chi connectivity index (χ2v) is 7.31. The highest BCUT2D eigenvalue weighted by Crippen LogP contribution is 2.29. The van der Waals surface area contributed by atoms with Crippen molar-refractivity contribution in [3.63, 3.8) is 0 Å². The lowest BCUT2D eigenvalue weighted by Gasteiger charge is -2.38. The molecular formula is C23H26N4O2. The van der Waals surface area contributed by atoms with E-state index < -0.39 is 0 Å². The molecule has 0 aliphatic carbocycles. The minimum Gasteiger partial charge on any atom is -0.494 e. The summed E-state index contributed by atoms with van der Waals surface area (Å²) in [5, 5.41) is 0. The molecule has 0 unspecified atom stereocenters. The van der Waals surface area contributed by atoms with E-state index in [4.69, 9.17) is 9.72 Å². The van der Waals surface area contributed by atoms with Crippen molar-refractivity contribution >= 4 is 11.6 Å². The molecule has 0 amide bonds. The third-order valence-corrected chi connectivity index (χ3v) is 5.25. The van der Waals surface area contributed by atoms with Crippen LogP contribution in [0.1, 0.15) is 23.7 Å².